The number of nitrogens with one attached hydrogen (secondary N) is 2. The third-order valence-corrected chi connectivity index (χ3v) is 4.06. The molecule has 0 aromatic carbocycles. The summed E-state index contributed by atoms with van der Waals surface area (Å²) in [5.74, 6) is 3.51. The van der Waals surface area contributed by atoms with Gasteiger partial charge in [0, 0.05) is 6.20 Å². The zero-order valence-electron chi connectivity index (χ0n) is 12.4. The molecule has 1 saturated heterocycles. The Hall–Kier alpha value is -2.41. The molecule has 1 atom stereocenters. The number of likely N-dealkylation sites (tertiary alicyclic amines) is 1. The lowest BCUT2D eigenvalue weighted by Crippen LogP contribution is -2.23. The van der Waals surface area contributed by atoms with Gasteiger partial charge in [0.15, 0.2) is 11.6 Å². The lowest BCUT2D eigenvalue weighted by atomic mass is 10.2. The number of aromatic nitrogens is 5. The molecule has 1 unspecified atom stereocenters. The fourth-order valence-corrected chi connectivity index (χ4v) is 3.02. The van der Waals surface area contributed by atoms with E-state index >= 15 is 0 Å². The van der Waals surface area contributed by atoms with Crippen molar-refractivity contribution in [2.24, 2.45) is 0 Å². The quantitative estimate of drug-likeness (QED) is 0.772. The minimum absolute atomic E-state index is 0.269. The van der Waals surface area contributed by atoms with E-state index in [0.717, 1.165) is 54.8 Å². The Kier molecular flexibility index (Phi) is 3.27. The van der Waals surface area contributed by atoms with E-state index in [0.29, 0.717) is 0 Å². The normalized spacial score (nSPS) is 19.0. The molecule has 0 saturated carbocycles. The van der Waals surface area contributed by atoms with Gasteiger partial charge in [-0.3, -0.25) is 15.1 Å². The molecule has 114 valence electrons. The Morgan fingerprint density at radius 3 is 3.05 bits per heavy atom. The summed E-state index contributed by atoms with van der Waals surface area (Å²) in [7, 11) is 0. The van der Waals surface area contributed by atoms with Gasteiger partial charge in [-0.2, -0.15) is 10.2 Å². The van der Waals surface area contributed by atoms with Gasteiger partial charge >= 0.3 is 0 Å². The van der Waals surface area contributed by atoms with E-state index in [-0.39, 0.29) is 6.04 Å². The summed E-state index contributed by atoms with van der Waals surface area (Å²) in [6.45, 7) is 3.74. The highest BCUT2D eigenvalue weighted by molar-refractivity contribution is 5.51. The maximum absolute atomic E-state index is 5.92. The zero-order valence-corrected chi connectivity index (χ0v) is 12.4. The van der Waals surface area contributed by atoms with Crippen molar-refractivity contribution in [2.45, 2.75) is 32.4 Å². The summed E-state index contributed by atoms with van der Waals surface area (Å²) >= 11 is 0. The van der Waals surface area contributed by atoms with Crippen LogP contribution >= 0.6 is 0 Å². The highest BCUT2D eigenvalue weighted by Crippen LogP contribution is 2.32. The van der Waals surface area contributed by atoms with Gasteiger partial charge in [-0.05, 0) is 44.5 Å². The van der Waals surface area contributed by atoms with Crippen molar-refractivity contribution < 1.29 is 4.42 Å². The molecule has 7 nitrogen and oxygen atoms in total. The largest absolute Gasteiger partial charge is 0.458 e. The summed E-state index contributed by atoms with van der Waals surface area (Å²) in [5.41, 5.74) is 0.897. The van der Waals surface area contributed by atoms with Crippen molar-refractivity contribution >= 4 is 0 Å². The van der Waals surface area contributed by atoms with Crippen molar-refractivity contribution in [3.05, 3.63) is 41.8 Å². The van der Waals surface area contributed by atoms with Gasteiger partial charge in [-0.1, -0.05) is 0 Å². The van der Waals surface area contributed by atoms with Crippen LogP contribution in [0.15, 0.2) is 28.8 Å². The van der Waals surface area contributed by atoms with E-state index in [2.05, 4.69) is 30.3 Å². The van der Waals surface area contributed by atoms with Crippen LogP contribution in [-0.4, -0.2) is 36.8 Å². The monoisotopic (exact) mass is 298 g/mol. The molecular weight excluding hydrogens is 280 g/mol. The molecule has 2 N–H and O–H groups in total. The standard InChI is InChI=1S/C15H18N6O/c1-10-17-15(20-18-10)13-3-2-8-21(13)9-11-4-5-14(22-11)12-6-7-16-19-12/h4-7,13H,2-3,8-9H2,1H3,(H,16,19)(H,17,18,20). The van der Waals surface area contributed by atoms with E-state index in [1.807, 2.05) is 25.1 Å². The first-order valence-corrected chi connectivity index (χ1v) is 7.51. The molecule has 4 rings (SSSR count). The van der Waals surface area contributed by atoms with Crippen molar-refractivity contribution in [3.8, 4) is 11.5 Å². The van der Waals surface area contributed by atoms with E-state index < -0.39 is 0 Å². The smallest absolute Gasteiger partial charge is 0.167 e. The van der Waals surface area contributed by atoms with Crippen LogP contribution in [0, 0.1) is 6.92 Å². The van der Waals surface area contributed by atoms with E-state index in [1.54, 1.807) is 6.20 Å². The SMILES string of the molecule is Cc1nc(C2CCCN2Cc2ccc(-c3ccn[nH]3)o2)n[nH]1. The van der Waals surface area contributed by atoms with Crippen LogP contribution in [0.4, 0.5) is 0 Å². The number of hydrogen-bond donors (Lipinski definition) is 2. The van der Waals surface area contributed by atoms with Gasteiger partial charge in [0.25, 0.3) is 0 Å². The summed E-state index contributed by atoms with van der Waals surface area (Å²) in [6, 6.07) is 6.17. The van der Waals surface area contributed by atoms with Gasteiger partial charge in [0.2, 0.25) is 0 Å². The highest BCUT2D eigenvalue weighted by Gasteiger charge is 2.29. The molecule has 22 heavy (non-hydrogen) atoms. The summed E-state index contributed by atoms with van der Waals surface area (Å²) < 4.78 is 5.92. The topological polar surface area (TPSA) is 86.6 Å². The van der Waals surface area contributed by atoms with Crippen molar-refractivity contribution in [2.75, 3.05) is 6.54 Å². The Balaban J connectivity index is 1.50. The van der Waals surface area contributed by atoms with Crippen molar-refractivity contribution in [1.82, 2.24) is 30.3 Å². The third-order valence-electron chi connectivity index (χ3n) is 4.06. The first kappa shape index (κ1) is 13.3. The van der Waals surface area contributed by atoms with E-state index in [1.165, 1.54) is 0 Å². The van der Waals surface area contributed by atoms with Crippen LogP contribution in [-0.2, 0) is 6.54 Å². The Labute approximate surface area is 127 Å². The average molecular weight is 298 g/mol. The fraction of sp³-hybridized carbons (Fsp3) is 0.400. The van der Waals surface area contributed by atoms with Crippen LogP contribution in [0.5, 0.6) is 0 Å². The molecule has 1 fully saturated rings. The average Bonchev–Trinajstić information content (AvgIpc) is 3.26. The predicted octanol–water partition coefficient (Wildman–Crippen LogP) is 2.43. The lowest BCUT2D eigenvalue weighted by molar-refractivity contribution is 0.222. The van der Waals surface area contributed by atoms with Gasteiger partial charge in [0.05, 0.1) is 12.6 Å². The highest BCUT2D eigenvalue weighted by atomic mass is 16.3. The second-order valence-corrected chi connectivity index (χ2v) is 5.64. The van der Waals surface area contributed by atoms with Crippen molar-refractivity contribution in [1.29, 1.82) is 0 Å². The van der Waals surface area contributed by atoms with Crippen LogP contribution in [0.2, 0.25) is 0 Å². The number of hydrogen-bond acceptors (Lipinski definition) is 5. The first-order valence-electron chi connectivity index (χ1n) is 7.51. The van der Waals surface area contributed by atoms with Crippen LogP contribution in [0.1, 0.15) is 36.3 Å². The molecule has 0 bridgehead atoms. The van der Waals surface area contributed by atoms with Crippen LogP contribution in [0.3, 0.4) is 0 Å². The number of aromatic amines is 2. The molecule has 3 aromatic rings. The Morgan fingerprint density at radius 1 is 1.32 bits per heavy atom. The molecule has 4 heterocycles. The number of aryl methyl sites for hydroxylation is 1. The summed E-state index contributed by atoms with van der Waals surface area (Å²) in [5, 5.41) is 14.1. The van der Waals surface area contributed by atoms with Crippen LogP contribution < -0.4 is 0 Å². The third kappa shape index (κ3) is 2.43. The second-order valence-electron chi connectivity index (χ2n) is 5.64. The lowest BCUT2D eigenvalue weighted by Gasteiger charge is -2.20. The maximum Gasteiger partial charge on any atom is 0.167 e. The molecule has 7 heteroatoms. The fourth-order valence-electron chi connectivity index (χ4n) is 3.02. The van der Waals surface area contributed by atoms with E-state index in [9.17, 15) is 0 Å². The van der Waals surface area contributed by atoms with Crippen molar-refractivity contribution in [3.63, 3.8) is 0 Å². The maximum atomic E-state index is 5.92. The number of nitrogens with zero attached hydrogens (tertiary/aromatic N) is 4. The molecule has 1 aliphatic heterocycles. The Morgan fingerprint density at radius 2 is 2.27 bits per heavy atom. The summed E-state index contributed by atoms with van der Waals surface area (Å²) in [6.07, 6.45) is 3.97. The molecule has 0 radical (unpaired) electrons. The summed E-state index contributed by atoms with van der Waals surface area (Å²) in [4.78, 5) is 6.85. The van der Waals surface area contributed by atoms with Gasteiger partial charge in [0.1, 0.15) is 17.3 Å². The molecular formula is C15H18N6O. The van der Waals surface area contributed by atoms with Gasteiger partial charge in [-0.15, -0.1) is 0 Å². The predicted molar refractivity (Wildman–Crippen MR) is 79.8 cm³/mol. The molecule has 0 spiro atoms. The Bertz CT molecular complexity index is 744. The number of furan rings is 1. The number of rotatable bonds is 4. The van der Waals surface area contributed by atoms with Gasteiger partial charge in [-0.25, -0.2) is 4.98 Å². The first-order chi connectivity index (χ1) is 10.8. The van der Waals surface area contributed by atoms with Crippen LogP contribution in [0.25, 0.3) is 11.5 Å². The second kappa shape index (κ2) is 5.42. The molecule has 3 aromatic heterocycles. The minimum Gasteiger partial charge on any atom is -0.458 e. The molecule has 0 amide bonds. The molecule has 0 aliphatic carbocycles. The van der Waals surface area contributed by atoms with E-state index in [4.69, 9.17) is 4.42 Å². The minimum atomic E-state index is 0.269. The van der Waals surface area contributed by atoms with Gasteiger partial charge < -0.3 is 4.42 Å². The molecule has 1 aliphatic rings. The zero-order chi connectivity index (χ0) is 14.9. The number of H-pyrrole nitrogens is 2.